The Morgan fingerprint density at radius 3 is 2.59 bits per heavy atom. The lowest BCUT2D eigenvalue weighted by Crippen LogP contribution is -2.37. The molecule has 0 bridgehead atoms. The van der Waals surface area contributed by atoms with Crippen LogP contribution in [0.1, 0.15) is 22.5 Å². The van der Waals surface area contributed by atoms with Gasteiger partial charge in [-0.25, -0.2) is 0 Å². The van der Waals surface area contributed by atoms with E-state index in [0.717, 1.165) is 34.3 Å². The first-order valence-electron chi connectivity index (χ1n) is 9.43. The van der Waals surface area contributed by atoms with E-state index < -0.39 is 0 Å². The molecule has 0 unspecified atom stereocenters. The second kappa shape index (κ2) is 7.76. The molecule has 1 aromatic carbocycles. The summed E-state index contributed by atoms with van der Waals surface area (Å²) in [5.41, 5.74) is 1.71. The third-order valence-corrected chi connectivity index (χ3v) is 6.53. The van der Waals surface area contributed by atoms with Crippen molar-refractivity contribution in [2.24, 2.45) is 13.0 Å². The van der Waals surface area contributed by atoms with Crippen molar-refractivity contribution in [3.8, 4) is 28.8 Å². The molecule has 3 aromatic rings. The molecule has 0 spiro atoms. The number of carbonyl (C=O) groups is 1. The number of piperidine rings is 1. The fraction of sp³-hybridized carbons (Fsp3) is 0.381. The zero-order valence-electron chi connectivity index (χ0n) is 16.6. The van der Waals surface area contributed by atoms with Crippen LogP contribution in [0, 0.1) is 17.2 Å². The standard InChI is InChI=1S/C21H22N4O3S/c1-24-21-15(19(23-24)14-4-5-16(27-2)17(10-14)28-3)11-18(29-21)20(26)25-8-6-13(12-22)7-9-25/h4-5,10-11,13H,6-9H2,1-3H3. The second-order valence-electron chi connectivity index (χ2n) is 7.07. The number of amides is 1. The number of nitrogens with zero attached hydrogens (tertiary/aromatic N) is 4. The predicted molar refractivity (Wildman–Crippen MR) is 111 cm³/mol. The van der Waals surface area contributed by atoms with Gasteiger partial charge in [0.2, 0.25) is 0 Å². The summed E-state index contributed by atoms with van der Waals surface area (Å²) in [5, 5.41) is 14.7. The van der Waals surface area contributed by atoms with Crippen LogP contribution in [0.5, 0.6) is 11.5 Å². The lowest BCUT2D eigenvalue weighted by Gasteiger charge is -2.28. The highest BCUT2D eigenvalue weighted by Gasteiger charge is 2.26. The van der Waals surface area contributed by atoms with E-state index in [1.165, 1.54) is 11.3 Å². The zero-order chi connectivity index (χ0) is 20.5. The summed E-state index contributed by atoms with van der Waals surface area (Å²) in [6.45, 7) is 1.26. The highest BCUT2D eigenvalue weighted by atomic mass is 32.1. The van der Waals surface area contributed by atoms with Gasteiger partial charge in [0, 0.05) is 37.0 Å². The number of likely N-dealkylation sites (tertiary alicyclic amines) is 1. The third-order valence-electron chi connectivity index (χ3n) is 5.34. The summed E-state index contributed by atoms with van der Waals surface area (Å²) < 4.78 is 12.5. The molecule has 1 amide bonds. The van der Waals surface area contributed by atoms with Crippen molar-refractivity contribution < 1.29 is 14.3 Å². The number of rotatable bonds is 4. The number of hydrogen-bond donors (Lipinski definition) is 0. The number of carbonyl (C=O) groups excluding carboxylic acids is 1. The molecule has 0 radical (unpaired) electrons. The Bertz CT molecular complexity index is 1100. The summed E-state index contributed by atoms with van der Waals surface area (Å²) in [5.74, 6) is 1.38. The highest BCUT2D eigenvalue weighted by Crippen LogP contribution is 2.38. The molecule has 1 fully saturated rings. The maximum Gasteiger partial charge on any atom is 0.264 e. The summed E-state index contributed by atoms with van der Waals surface area (Å²) in [7, 11) is 5.09. The van der Waals surface area contributed by atoms with Crippen molar-refractivity contribution in [1.29, 1.82) is 5.26 Å². The summed E-state index contributed by atoms with van der Waals surface area (Å²) in [6.07, 6.45) is 1.48. The quantitative estimate of drug-likeness (QED) is 0.655. The van der Waals surface area contributed by atoms with E-state index in [1.807, 2.05) is 40.9 Å². The third kappa shape index (κ3) is 3.42. The fourth-order valence-electron chi connectivity index (χ4n) is 3.71. The van der Waals surface area contributed by atoms with Crippen LogP contribution in [0.3, 0.4) is 0 Å². The molecule has 1 aliphatic rings. The molecule has 1 saturated heterocycles. The summed E-state index contributed by atoms with van der Waals surface area (Å²) in [6, 6.07) is 9.92. The molecule has 8 heteroatoms. The topological polar surface area (TPSA) is 80.4 Å². The number of thiophene rings is 1. The molecule has 1 aliphatic heterocycles. The van der Waals surface area contributed by atoms with Gasteiger partial charge < -0.3 is 14.4 Å². The first kappa shape index (κ1) is 19.3. The van der Waals surface area contributed by atoms with E-state index in [4.69, 9.17) is 14.7 Å². The number of fused-ring (bicyclic) bond motifs is 1. The lowest BCUT2D eigenvalue weighted by atomic mass is 9.98. The van der Waals surface area contributed by atoms with Gasteiger partial charge in [-0.15, -0.1) is 11.3 Å². The highest BCUT2D eigenvalue weighted by molar-refractivity contribution is 7.20. The number of methoxy groups -OCH3 is 2. The Hall–Kier alpha value is -3.05. The van der Waals surface area contributed by atoms with Crippen molar-refractivity contribution >= 4 is 27.5 Å². The minimum Gasteiger partial charge on any atom is -0.493 e. The number of aromatic nitrogens is 2. The van der Waals surface area contributed by atoms with Gasteiger partial charge in [-0.1, -0.05) is 0 Å². The summed E-state index contributed by atoms with van der Waals surface area (Å²) in [4.78, 5) is 16.5. The van der Waals surface area contributed by atoms with Crippen LogP contribution in [-0.4, -0.2) is 47.9 Å². The largest absolute Gasteiger partial charge is 0.493 e. The van der Waals surface area contributed by atoms with Crippen molar-refractivity contribution in [1.82, 2.24) is 14.7 Å². The van der Waals surface area contributed by atoms with Crippen molar-refractivity contribution in [2.45, 2.75) is 12.8 Å². The van der Waals surface area contributed by atoms with Crippen molar-refractivity contribution in [2.75, 3.05) is 27.3 Å². The van der Waals surface area contributed by atoms with Gasteiger partial charge >= 0.3 is 0 Å². The van der Waals surface area contributed by atoms with Gasteiger partial charge in [0.25, 0.3) is 5.91 Å². The Kier molecular flexibility index (Phi) is 5.16. The zero-order valence-corrected chi connectivity index (χ0v) is 17.5. The van der Waals surface area contributed by atoms with Gasteiger partial charge in [-0.2, -0.15) is 10.4 Å². The van der Waals surface area contributed by atoms with E-state index in [2.05, 4.69) is 11.2 Å². The molecule has 7 nitrogen and oxygen atoms in total. The minimum atomic E-state index is 0.0286. The molecule has 0 saturated carbocycles. The molecular formula is C21H22N4O3S. The van der Waals surface area contributed by atoms with Gasteiger partial charge in [0.1, 0.15) is 10.5 Å². The average Bonchev–Trinajstić information content (AvgIpc) is 3.33. The number of hydrogen-bond acceptors (Lipinski definition) is 6. The van der Waals surface area contributed by atoms with E-state index in [1.54, 1.807) is 14.2 Å². The number of ether oxygens (including phenoxy) is 2. The second-order valence-corrected chi connectivity index (χ2v) is 8.10. The number of benzene rings is 1. The van der Waals surface area contributed by atoms with Gasteiger partial charge in [0.15, 0.2) is 11.5 Å². The maximum atomic E-state index is 13.0. The smallest absolute Gasteiger partial charge is 0.264 e. The molecule has 2 aromatic heterocycles. The Balaban J connectivity index is 1.68. The van der Waals surface area contributed by atoms with E-state index in [0.29, 0.717) is 29.5 Å². The molecule has 0 aliphatic carbocycles. The predicted octanol–water partition coefficient (Wildman–Crippen LogP) is 3.69. The number of aryl methyl sites for hydroxylation is 1. The molecule has 29 heavy (non-hydrogen) atoms. The van der Waals surface area contributed by atoms with Crippen molar-refractivity contribution in [3.63, 3.8) is 0 Å². The van der Waals surface area contributed by atoms with Crippen molar-refractivity contribution in [3.05, 3.63) is 29.1 Å². The van der Waals surface area contributed by atoms with Crippen LogP contribution in [-0.2, 0) is 7.05 Å². The molecule has 0 atom stereocenters. The Morgan fingerprint density at radius 1 is 1.21 bits per heavy atom. The van der Waals surface area contributed by atoms with Crippen LogP contribution in [0.25, 0.3) is 21.5 Å². The fourth-order valence-corrected chi connectivity index (χ4v) is 4.75. The molecular weight excluding hydrogens is 388 g/mol. The van der Waals surface area contributed by atoms with E-state index in [9.17, 15) is 4.79 Å². The summed E-state index contributed by atoms with van der Waals surface area (Å²) >= 11 is 1.45. The van der Waals surface area contributed by atoms with E-state index >= 15 is 0 Å². The normalized spacial score (nSPS) is 14.8. The lowest BCUT2D eigenvalue weighted by molar-refractivity contribution is 0.0712. The van der Waals surface area contributed by atoms with Crippen LogP contribution < -0.4 is 9.47 Å². The Labute approximate surface area is 173 Å². The van der Waals surface area contributed by atoms with Gasteiger partial charge in [-0.3, -0.25) is 9.48 Å². The number of nitriles is 1. The van der Waals surface area contributed by atoms with Gasteiger partial charge in [-0.05, 0) is 37.1 Å². The van der Waals surface area contributed by atoms with Crippen LogP contribution >= 0.6 is 11.3 Å². The molecule has 3 heterocycles. The first-order valence-corrected chi connectivity index (χ1v) is 10.2. The SMILES string of the molecule is COc1ccc(-c2nn(C)c3sc(C(=O)N4CCC(C#N)CC4)cc23)cc1OC. The first-order chi connectivity index (χ1) is 14.0. The van der Waals surface area contributed by atoms with E-state index in [-0.39, 0.29) is 11.8 Å². The molecule has 4 rings (SSSR count). The minimum absolute atomic E-state index is 0.0286. The molecule has 150 valence electrons. The molecule has 0 N–H and O–H groups in total. The Morgan fingerprint density at radius 2 is 1.93 bits per heavy atom. The van der Waals surface area contributed by atoms with Crippen LogP contribution in [0.4, 0.5) is 0 Å². The average molecular weight is 410 g/mol. The van der Waals surface area contributed by atoms with Crippen LogP contribution in [0.15, 0.2) is 24.3 Å². The maximum absolute atomic E-state index is 13.0. The monoisotopic (exact) mass is 410 g/mol. The van der Waals surface area contributed by atoms with Crippen LogP contribution in [0.2, 0.25) is 0 Å². The van der Waals surface area contributed by atoms with Gasteiger partial charge in [0.05, 0.1) is 25.2 Å².